The molecule has 0 spiro atoms. The molecule has 0 aromatic rings. The molecule has 3 fully saturated rings. The van der Waals surface area contributed by atoms with Crippen LogP contribution in [0, 0.1) is 11.3 Å². The van der Waals surface area contributed by atoms with E-state index in [0.717, 1.165) is 45.4 Å². The summed E-state index contributed by atoms with van der Waals surface area (Å²) in [5.41, 5.74) is 0.207. The van der Waals surface area contributed by atoms with Crippen molar-refractivity contribution >= 4 is 5.91 Å². The Kier molecular flexibility index (Phi) is 4.79. The van der Waals surface area contributed by atoms with Gasteiger partial charge in [0.1, 0.15) is 0 Å². The topological polar surface area (TPSA) is 41.6 Å². The SMILES string of the molecule is CCO[C@@H]1C[C@@H](N[C@@H]2CCN(C(=O)C3CCCC3)C2)C1(C)C. The fraction of sp³-hybridized carbons (Fsp3) is 0.944. The molecule has 1 amide bonds. The standard InChI is InChI=1S/C18H32N2O2/c1-4-22-16-11-15(18(16,2)3)19-14-9-10-20(12-14)17(21)13-7-5-6-8-13/h13-16,19H,4-12H2,1-3H3/t14-,15-,16-/m1/s1. The molecule has 1 saturated heterocycles. The molecule has 3 rings (SSSR count). The van der Waals surface area contributed by atoms with Crippen LogP contribution in [0.5, 0.6) is 0 Å². The summed E-state index contributed by atoms with van der Waals surface area (Å²) in [6.07, 6.45) is 7.28. The van der Waals surface area contributed by atoms with Crippen molar-refractivity contribution in [3.05, 3.63) is 0 Å². The predicted octanol–water partition coefficient (Wildman–Crippen LogP) is 2.57. The molecule has 1 N–H and O–H groups in total. The number of hydrogen-bond donors (Lipinski definition) is 1. The van der Waals surface area contributed by atoms with Crippen LogP contribution in [-0.2, 0) is 9.53 Å². The molecule has 0 radical (unpaired) electrons. The summed E-state index contributed by atoms with van der Waals surface area (Å²) in [7, 11) is 0. The van der Waals surface area contributed by atoms with Crippen molar-refractivity contribution in [2.24, 2.45) is 11.3 Å². The van der Waals surface area contributed by atoms with E-state index < -0.39 is 0 Å². The number of carbonyl (C=O) groups excluding carboxylic acids is 1. The Balaban J connectivity index is 1.46. The summed E-state index contributed by atoms with van der Waals surface area (Å²) in [6.45, 7) is 9.31. The second-order valence-electron chi connectivity index (χ2n) is 7.97. The monoisotopic (exact) mass is 308 g/mol. The van der Waals surface area contributed by atoms with Crippen LogP contribution in [0.1, 0.15) is 59.3 Å². The minimum absolute atomic E-state index is 0.207. The number of nitrogens with zero attached hydrogens (tertiary/aromatic N) is 1. The molecule has 3 atom stereocenters. The van der Waals surface area contributed by atoms with E-state index in [0.29, 0.717) is 30.0 Å². The molecular weight excluding hydrogens is 276 g/mol. The Hall–Kier alpha value is -0.610. The van der Waals surface area contributed by atoms with E-state index in [2.05, 4.69) is 31.0 Å². The maximum Gasteiger partial charge on any atom is 0.225 e. The van der Waals surface area contributed by atoms with E-state index in [-0.39, 0.29) is 5.41 Å². The van der Waals surface area contributed by atoms with Crippen molar-refractivity contribution in [2.75, 3.05) is 19.7 Å². The van der Waals surface area contributed by atoms with Gasteiger partial charge in [-0.3, -0.25) is 4.79 Å². The number of rotatable bonds is 5. The van der Waals surface area contributed by atoms with Crippen LogP contribution in [0.25, 0.3) is 0 Å². The van der Waals surface area contributed by atoms with Crippen molar-refractivity contribution in [2.45, 2.75) is 77.5 Å². The van der Waals surface area contributed by atoms with Crippen molar-refractivity contribution in [1.29, 1.82) is 0 Å². The van der Waals surface area contributed by atoms with Crippen molar-refractivity contribution in [3.63, 3.8) is 0 Å². The minimum atomic E-state index is 0.207. The zero-order chi connectivity index (χ0) is 15.7. The third-order valence-electron chi connectivity index (χ3n) is 6.19. The van der Waals surface area contributed by atoms with Gasteiger partial charge in [-0.1, -0.05) is 26.7 Å². The Morgan fingerprint density at radius 2 is 2.00 bits per heavy atom. The van der Waals surface area contributed by atoms with Crippen LogP contribution in [-0.4, -0.2) is 48.7 Å². The lowest BCUT2D eigenvalue weighted by atomic mass is 9.64. The largest absolute Gasteiger partial charge is 0.378 e. The molecule has 0 unspecified atom stereocenters. The molecule has 0 aromatic carbocycles. The molecular formula is C18H32N2O2. The minimum Gasteiger partial charge on any atom is -0.378 e. The van der Waals surface area contributed by atoms with Gasteiger partial charge in [0.25, 0.3) is 0 Å². The molecule has 2 aliphatic carbocycles. The van der Waals surface area contributed by atoms with Crippen molar-refractivity contribution in [1.82, 2.24) is 10.2 Å². The lowest BCUT2D eigenvalue weighted by Gasteiger charge is -2.52. The van der Waals surface area contributed by atoms with Gasteiger partial charge in [0.15, 0.2) is 0 Å². The Bertz CT molecular complexity index is 404. The highest BCUT2D eigenvalue weighted by molar-refractivity contribution is 5.79. The van der Waals surface area contributed by atoms with E-state index in [1.807, 2.05) is 0 Å². The summed E-state index contributed by atoms with van der Waals surface area (Å²) in [6, 6.07) is 0.993. The van der Waals surface area contributed by atoms with Gasteiger partial charge in [-0.15, -0.1) is 0 Å². The molecule has 0 aromatic heterocycles. The lowest BCUT2D eigenvalue weighted by molar-refractivity contribution is -0.134. The summed E-state index contributed by atoms with van der Waals surface area (Å²) < 4.78 is 5.81. The highest BCUT2D eigenvalue weighted by Gasteiger charge is 2.49. The number of ether oxygens (including phenoxy) is 1. The summed E-state index contributed by atoms with van der Waals surface area (Å²) >= 11 is 0. The second-order valence-corrected chi connectivity index (χ2v) is 7.97. The van der Waals surface area contributed by atoms with Gasteiger partial charge in [-0.05, 0) is 32.6 Å². The first kappa shape index (κ1) is 16.3. The Labute approximate surface area is 135 Å². The highest BCUT2D eigenvalue weighted by Crippen LogP contribution is 2.43. The number of amides is 1. The van der Waals surface area contributed by atoms with Gasteiger partial charge in [-0.25, -0.2) is 0 Å². The van der Waals surface area contributed by atoms with Crippen LogP contribution >= 0.6 is 0 Å². The maximum absolute atomic E-state index is 12.5. The normalized spacial score (nSPS) is 34.9. The number of nitrogens with one attached hydrogen (secondary N) is 1. The molecule has 1 heterocycles. The average molecular weight is 308 g/mol. The van der Waals surface area contributed by atoms with Gasteiger partial charge in [0.2, 0.25) is 5.91 Å². The molecule has 22 heavy (non-hydrogen) atoms. The number of likely N-dealkylation sites (tertiary alicyclic amines) is 1. The smallest absolute Gasteiger partial charge is 0.225 e. The molecule has 2 saturated carbocycles. The van der Waals surface area contributed by atoms with Crippen molar-refractivity contribution in [3.8, 4) is 0 Å². The Morgan fingerprint density at radius 1 is 1.27 bits per heavy atom. The average Bonchev–Trinajstić information content (AvgIpc) is 3.17. The fourth-order valence-electron chi connectivity index (χ4n) is 4.46. The van der Waals surface area contributed by atoms with Crippen LogP contribution in [0.4, 0.5) is 0 Å². The van der Waals surface area contributed by atoms with Gasteiger partial charge in [-0.2, -0.15) is 0 Å². The summed E-state index contributed by atoms with van der Waals surface area (Å²) in [5, 5.41) is 3.80. The highest BCUT2D eigenvalue weighted by atomic mass is 16.5. The lowest BCUT2D eigenvalue weighted by Crippen LogP contribution is -2.63. The first-order valence-corrected chi connectivity index (χ1v) is 9.18. The summed E-state index contributed by atoms with van der Waals surface area (Å²) in [4.78, 5) is 14.6. The first-order valence-electron chi connectivity index (χ1n) is 9.18. The number of carbonyl (C=O) groups is 1. The van der Waals surface area contributed by atoms with Crippen LogP contribution in [0.15, 0.2) is 0 Å². The van der Waals surface area contributed by atoms with Gasteiger partial charge in [0.05, 0.1) is 6.10 Å². The molecule has 0 bridgehead atoms. The third kappa shape index (κ3) is 3.05. The van der Waals surface area contributed by atoms with E-state index in [9.17, 15) is 4.79 Å². The van der Waals surface area contributed by atoms with Crippen LogP contribution < -0.4 is 5.32 Å². The molecule has 126 valence electrons. The fourth-order valence-corrected chi connectivity index (χ4v) is 4.46. The first-order chi connectivity index (χ1) is 10.5. The molecule has 4 nitrogen and oxygen atoms in total. The molecule has 4 heteroatoms. The number of hydrogen-bond acceptors (Lipinski definition) is 3. The molecule has 1 aliphatic heterocycles. The van der Waals surface area contributed by atoms with Gasteiger partial charge < -0.3 is 15.0 Å². The third-order valence-corrected chi connectivity index (χ3v) is 6.19. The van der Waals surface area contributed by atoms with Gasteiger partial charge in [0, 0.05) is 43.1 Å². The van der Waals surface area contributed by atoms with E-state index in [1.54, 1.807) is 0 Å². The zero-order valence-electron chi connectivity index (χ0n) is 14.4. The zero-order valence-corrected chi connectivity index (χ0v) is 14.4. The summed E-state index contributed by atoms with van der Waals surface area (Å²) in [5.74, 6) is 0.739. The Morgan fingerprint density at radius 3 is 2.64 bits per heavy atom. The van der Waals surface area contributed by atoms with E-state index in [4.69, 9.17) is 4.74 Å². The second kappa shape index (κ2) is 6.48. The van der Waals surface area contributed by atoms with Crippen molar-refractivity contribution < 1.29 is 9.53 Å². The van der Waals surface area contributed by atoms with Crippen LogP contribution in [0.2, 0.25) is 0 Å². The molecule has 3 aliphatic rings. The van der Waals surface area contributed by atoms with Crippen LogP contribution in [0.3, 0.4) is 0 Å². The van der Waals surface area contributed by atoms with E-state index in [1.165, 1.54) is 12.8 Å². The maximum atomic E-state index is 12.5. The van der Waals surface area contributed by atoms with Gasteiger partial charge >= 0.3 is 0 Å². The van der Waals surface area contributed by atoms with E-state index >= 15 is 0 Å². The quantitative estimate of drug-likeness (QED) is 0.849. The predicted molar refractivity (Wildman–Crippen MR) is 87.7 cm³/mol.